The van der Waals surface area contributed by atoms with Gasteiger partial charge in [0, 0.05) is 12.4 Å². The molecule has 6 heteroatoms. The van der Waals surface area contributed by atoms with Crippen molar-refractivity contribution >= 4 is 11.6 Å². The smallest absolute Gasteiger partial charge is 0.374 e. The number of rotatable bonds is 1. The van der Waals surface area contributed by atoms with Crippen molar-refractivity contribution in [1.82, 2.24) is 14.4 Å². The van der Waals surface area contributed by atoms with Gasteiger partial charge in [0.05, 0.1) is 13.3 Å². The highest BCUT2D eigenvalue weighted by Crippen LogP contribution is 2.08. The molecule has 0 atom stereocenters. The van der Waals surface area contributed by atoms with Gasteiger partial charge in [-0.1, -0.05) is 0 Å². The van der Waals surface area contributed by atoms with E-state index in [-0.39, 0.29) is 11.5 Å². The van der Waals surface area contributed by atoms with Crippen LogP contribution in [-0.2, 0) is 4.74 Å². The monoisotopic (exact) mass is 195 g/mol. The zero-order valence-corrected chi connectivity index (χ0v) is 7.27. The molecule has 0 aliphatic rings. The van der Waals surface area contributed by atoms with Gasteiger partial charge < -0.3 is 4.74 Å². The van der Waals surface area contributed by atoms with E-state index in [2.05, 4.69) is 14.7 Å². The van der Waals surface area contributed by atoms with Crippen LogP contribution in [0.25, 0.3) is 5.65 Å². The topological polar surface area (TPSA) is 56.5 Å². The van der Waals surface area contributed by atoms with E-state index in [0.717, 1.165) is 6.20 Å². The Morgan fingerprint density at radius 1 is 1.57 bits per heavy atom. The number of methoxy groups -OCH3 is 1. The number of esters is 1. The van der Waals surface area contributed by atoms with E-state index in [4.69, 9.17) is 0 Å². The summed E-state index contributed by atoms with van der Waals surface area (Å²) in [6, 6.07) is 0. The Morgan fingerprint density at radius 3 is 3.07 bits per heavy atom. The van der Waals surface area contributed by atoms with Crippen molar-refractivity contribution < 1.29 is 13.9 Å². The lowest BCUT2D eigenvalue weighted by Gasteiger charge is -2.01. The molecule has 0 amide bonds. The average molecular weight is 195 g/mol. The molecule has 0 radical (unpaired) electrons. The van der Waals surface area contributed by atoms with Gasteiger partial charge in [-0.3, -0.25) is 4.40 Å². The van der Waals surface area contributed by atoms with E-state index in [9.17, 15) is 9.18 Å². The SMILES string of the molecule is COC(=O)c1ncc(F)c2nccn12. The van der Waals surface area contributed by atoms with Crippen molar-refractivity contribution in [2.24, 2.45) is 0 Å². The first kappa shape index (κ1) is 8.61. The van der Waals surface area contributed by atoms with E-state index in [1.54, 1.807) is 0 Å². The van der Waals surface area contributed by atoms with Gasteiger partial charge in [0.25, 0.3) is 0 Å². The molecule has 14 heavy (non-hydrogen) atoms. The summed E-state index contributed by atoms with van der Waals surface area (Å²) in [5.74, 6) is -1.21. The lowest BCUT2D eigenvalue weighted by Crippen LogP contribution is -2.11. The minimum atomic E-state index is -0.631. The summed E-state index contributed by atoms with van der Waals surface area (Å²) in [5.41, 5.74) is 0.0559. The van der Waals surface area contributed by atoms with Crippen molar-refractivity contribution in [2.75, 3.05) is 7.11 Å². The fourth-order valence-electron chi connectivity index (χ4n) is 1.13. The first-order valence-corrected chi connectivity index (χ1v) is 3.80. The van der Waals surface area contributed by atoms with E-state index in [1.165, 1.54) is 23.9 Å². The molecule has 0 fully saturated rings. The number of imidazole rings is 1. The van der Waals surface area contributed by atoms with E-state index in [0.29, 0.717) is 0 Å². The van der Waals surface area contributed by atoms with Crippen LogP contribution >= 0.6 is 0 Å². The molecule has 5 nitrogen and oxygen atoms in total. The highest BCUT2D eigenvalue weighted by molar-refractivity contribution is 5.86. The maximum Gasteiger partial charge on any atom is 0.374 e. The molecule has 0 saturated carbocycles. The van der Waals surface area contributed by atoms with Gasteiger partial charge in [-0.25, -0.2) is 19.2 Å². The summed E-state index contributed by atoms with van der Waals surface area (Å²) >= 11 is 0. The van der Waals surface area contributed by atoms with Gasteiger partial charge in [0.2, 0.25) is 5.82 Å². The maximum absolute atomic E-state index is 13.1. The van der Waals surface area contributed by atoms with Crippen LogP contribution in [-0.4, -0.2) is 27.4 Å². The van der Waals surface area contributed by atoms with Crippen LogP contribution in [0.3, 0.4) is 0 Å². The standard InChI is InChI=1S/C8H6FN3O2/c1-14-8(13)7-11-4-5(9)6-10-2-3-12(6)7/h2-4H,1H3. The summed E-state index contributed by atoms with van der Waals surface area (Å²) in [6.45, 7) is 0. The summed E-state index contributed by atoms with van der Waals surface area (Å²) in [5, 5.41) is 0. The van der Waals surface area contributed by atoms with E-state index < -0.39 is 11.8 Å². The van der Waals surface area contributed by atoms with Gasteiger partial charge in [-0.05, 0) is 0 Å². The van der Waals surface area contributed by atoms with Gasteiger partial charge in [-0.15, -0.1) is 0 Å². The van der Waals surface area contributed by atoms with Crippen LogP contribution < -0.4 is 0 Å². The zero-order valence-electron chi connectivity index (χ0n) is 7.27. The molecule has 0 aliphatic heterocycles. The third-order valence-corrected chi connectivity index (χ3v) is 1.75. The van der Waals surface area contributed by atoms with E-state index in [1.807, 2.05) is 0 Å². The fourth-order valence-corrected chi connectivity index (χ4v) is 1.13. The lowest BCUT2D eigenvalue weighted by molar-refractivity contribution is 0.0584. The van der Waals surface area contributed by atoms with Crippen LogP contribution in [0.15, 0.2) is 18.6 Å². The number of hydrogen-bond acceptors (Lipinski definition) is 4. The van der Waals surface area contributed by atoms with Gasteiger partial charge in [0.1, 0.15) is 0 Å². The molecule has 0 aromatic carbocycles. The van der Waals surface area contributed by atoms with Crippen molar-refractivity contribution in [2.45, 2.75) is 0 Å². The molecule has 0 N–H and O–H groups in total. The summed E-state index contributed by atoms with van der Waals surface area (Å²) in [7, 11) is 1.23. The minimum absolute atomic E-state index is 0.00130. The molecular formula is C8H6FN3O2. The second-order valence-electron chi connectivity index (χ2n) is 2.54. The second-order valence-corrected chi connectivity index (χ2v) is 2.54. The predicted octanol–water partition coefficient (Wildman–Crippen LogP) is 0.655. The molecule has 0 saturated heterocycles. The Bertz CT molecular complexity index is 494. The highest BCUT2D eigenvalue weighted by Gasteiger charge is 2.14. The first-order chi connectivity index (χ1) is 6.74. The summed E-state index contributed by atoms with van der Waals surface area (Å²) < 4.78 is 18.8. The van der Waals surface area contributed by atoms with Crippen molar-refractivity contribution in [3.05, 3.63) is 30.2 Å². The van der Waals surface area contributed by atoms with Crippen LogP contribution in [0.5, 0.6) is 0 Å². The Balaban J connectivity index is 2.72. The van der Waals surface area contributed by atoms with Gasteiger partial charge >= 0.3 is 5.97 Å². The number of ether oxygens (including phenoxy) is 1. The van der Waals surface area contributed by atoms with E-state index >= 15 is 0 Å². The maximum atomic E-state index is 13.1. The molecule has 2 rings (SSSR count). The molecule has 2 aromatic heterocycles. The van der Waals surface area contributed by atoms with Crippen molar-refractivity contribution in [3.8, 4) is 0 Å². The molecule has 0 spiro atoms. The Kier molecular flexibility index (Phi) is 1.88. The zero-order chi connectivity index (χ0) is 10.1. The van der Waals surface area contributed by atoms with Crippen LogP contribution in [0, 0.1) is 5.82 Å². The van der Waals surface area contributed by atoms with Crippen LogP contribution in [0.4, 0.5) is 4.39 Å². The fraction of sp³-hybridized carbons (Fsp3) is 0.125. The number of hydrogen-bond donors (Lipinski definition) is 0. The van der Waals surface area contributed by atoms with Crippen molar-refractivity contribution in [3.63, 3.8) is 0 Å². The number of aromatic nitrogens is 3. The van der Waals surface area contributed by atoms with Gasteiger partial charge in [0.15, 0.2) is 11.5 Å². The highest BCUT2D eigenvalue weighted by atomic mass is 19.1. The first-order valence-electron chi connectivity index (χ1n) is 3.80. The van der Waals surface area contributed by atoms with Crippen LogP contribution in [0.2, 0.25) is 0 Å². The van der Waals surface area contributed by atoms with Gasteiger partial charge in [-0.2, -0.15) is 0 Å². The molecule has 2 aromatic rings. The third kappa shape index (κ3) is 1.12. The Hall–Kier alpha value is -1.98. The lowest BCUT2D eigenvalue weighted by atomic mass is 10.5. The molecule has 0 aliphatic carbocycles. The molecule has 0 bridgehead atoms. The summed E-state index contributed by atoms with van der Waals surface area (Å²) in [4.78, 5) is 18.5. The predicted molar refractivity (Wildman–Crippen MR) is 44.3 cm³/mol. The number of nitrogens with zero attached hydrogens (tertiary/aromatic N) is 3. The minimum Gasteiger partial charge on any atom is -0.463 e. The second kappa shape index (κ2) is 3.06. The molecule has 2 heterocycles. The normalized spacial score (nSPS) is 10.4. The molecular weight excluding hydrogens is 189 g/mol. The quantitative estimate of drug-likeness (QED) is 0.627. The third-order valence-electron chi connectivity index (χ3n) is 1.75. The number of carbonyl (C=O) groups excluding carboxylic acids is 1. The van der Waals surface area contributed by atoms with Crippen molar-refractivity contribution in [1.29, 1.82) is 0 Å². The molecule has 0 unspecified atom stereocenters. The molecule has 72 valence electrons. The Morgan fingerprint density at radius 2 is 2.36 bits per heavy atom. The average Bonchev–Trinajstić information content (AvgIpc) is 2.67. The number of fused-ring (bicyclic) bond motifs is 1. The Labute approximate surface area is 78.2 Å². The number of halogens is 1. The van der Waals surface area contributed by atoms with Crippen LogP contribution in [0.1, 0.15) is 10.6 Å². The summed E-state index contributed by atoms with van der Waals surface area (Å²) in [6.07, 6.45) is 3.76. The largest absolute Gasteiger partial charge is 0.463 e. The number of carbonyl (C=O) groups is 1.